The molecule has 26 heavy (non-hydrogen) atoms. The fourth-order valence-corrected chi connectivity index (χ4v) is 3.11. The smallest absolute Gasteiger partial charge is 0.303 e. The third-order valence-corrected chi connectivity index (χ3v) is 4.54. The van der Waals surface area contributed by atoms with Crippen molar-refractivity contribution >= 4 is 11.9 Å². The van der Waals surface area contributed by atoms with Crippen LogP contribution in [0.2, 0.25) is 0 Å². The average molecular weight is 353 g/mol. The molecule has 1 amide bonds. The molecular weight excluding hydrogens is 330 g/mol. The van der Waals surface area contributed by atoms with E-state index in [4.69, 9.17) is 9.84 Å². The number of benzene rings is 2. The third-order valence-electron chi connectivity index (χ3n) is 4.54. The number of hydrogen-bond acceptors (Lipinski definition) is 3. The number of ether oxygens (including phenoxy) is 1. The highest BCUT2D eigenvalue weighted by molar-refractivity contribution is 5.94. The van der Waals surface area contributed by atoms with Gasteiger partial charge in [0.1, 0.15) is 5.75 Å². The molecule has 3 rings (SSSR count). The van der Waals surface area contributed by atoms with Crippen LogP contribution >= 0.6 is 0 Å². The number of fused-ring (bicyclic) bond motifs is 1. The molecule has 5 heteroatoms. The van der Waals surface area contributed by atoms with Crippen LogP contribution in [0.15, 0.2) is 42.5 Å². The van der Waals surface area contributed by atoms with E-state index in [9.17, 15) is 9.59 Å². The Hall–Kier alpha value is -2.82. The van der Waals surface area contributed by atoms with Crippen LogP contribution in [0.1, 0.15) is 46.3 Å². The summed E-state index contributed by atoms with van der Waals surface area (Å²) < 4.78 is 5.50. The van der Waals surface area contributed by atoms with Gasteiger partial charge in [-0.15, -0.1) is 0 Å². The average Bonchev–Trinajstić information content (AvgIpc) is 3.12. The number of carboxylic acid groups (broad SMARTS) is 1. The fraction of sp³-hybridized carbons (Fsp3) is 0.333. The first kappa shape index (κ1) is 18.0. The number of aryl methyl sites for hydroxylation is 2. The van der Waals surface area contributed by atoms with Gasteiger partial charge in [0.25, 0.3) is 5.91 Å². The Morgan fingerprint density at radius 2 is 1.81 bits per heavy atom. The van der Waals surface area contributed by atoms with Crippen LogP contribution < -0.4 is 10.1 Å². The lowest BCUT2D eigenvalue weighted by atomic mass is 10.1. The van der Waals surface area contributed by atoms with Crippen molar-refractivity contribution in [2.75, 3.05) is 6.61 Å². The van der Waals surface area contributed by atoms with Crippen molar-refractivity contribution in [3.05, 3.63) is 64.7 Å². The normalized spacial score (nSPS) is 12.5. The van der Waals surface area contributed by atoms with Crippen molar-refractivity contribution in [3.8, 4) is 5.75 Å². The first-order valence-electron chi connectivity index (χ1n) is 8.95. The van der Waals surface area contributed by atoms with Crippen molar-refractivity contribution in [2.24, 2.45) is 0 Å². The van der Waals surface area contributed by atoms with Gasteiger partial charge in [0.2, 0.25) is 0 Å². The Kier molecular flexibility index (Phi) is 5.89. The van der Waals surface area contributed by atoms with Gasteiger partial charge in [0, 0.05) is 18.5 Å². The lowest BCUT2D eigenvalue weighted by Gasteiger charge is -2.09. The summed E-state index contributed by atoms with van der Waals surface area (Å²) in [6.07, 6.45) is 3.93. The zero-order chi connectivity index (χ0) is 18.4. The Morgan fingerprint density at radius 1 is 1.04 bits per heavy atom. The van der Waals surface area contributed by atoms with Gasteiger partial charge >= 0.3 is 5.97 Å². The van der Waals surface area contributed by atoms with Gasteiger partial charge in [0.05, 0.1) is 6.61 Å². The maximum Gasteiger partial charge on any atom is 0.303 e. The van der Waals surface area contributed by atoms with E-state index in [0.717, 1.165) is 18.4 Å². The topological polar surface area (TPSA) is 75.6 Å². The quantitative estimate of drug-likeness (QED) is 0.714. The Morgan fingerprint density at radius 3 is 2.58 bits per heavy atom. The minimum atomic E-state index is -0.817. The molecule has 2 N–H and O–H groups in total. The summed E-state index contributed by atoms with van der Waals surface area (Å²) in [6.45, 7) is 0.829. The van der Waals surface area contributed by atoms with Crippen LogP contribution in [-0.4, -0.2) is 23.6 Å². The van der Waals surface area contributed by atoms with E-state index in [0.29, 0.717) is 30.9 Å². The number of amides is 1. The number of rotatable bonds is 8. The lowest BCUT2D eigenvalue weighted by Crippen LogP contribution is -2.22. The molecule has 0 atom stereocenters. The third kappa shape index (κ3) is 4.85. The van der Waals surface area contributed by atoms with Crippen LogP contribution in [0, 0.1) is 0 Å². The number of nitrogens with one attached hydrogen (secondary N) is 1. The number of hydrogen-bond donors (Lipinski definition) is 2. The molecule has 0 heterocycles. The minimum absolute atomic E-state index is 0.0614. The first-order chi connectivity index (χ1) is 12.6. The van der Waals surface area contributed by atoms with E-state index < -0.39 is 5.97 Å². The molecule has 0 fully saturated rings. The van der Waals surface area contributed by atoms with Crippen molar-refractivity contribution in [1.82, 2.24) is 5.32 Å². The molecule has 5 nitrogen and oxygen atoms in total. The summed E-state index contributed by atoms with van der Waals surface area (Å²) in [5, 5.41) is 11.5. The highest BCUT2D eigenvalue weighted by atomic mass is 16.5. The molecule has 136 valence electrons. The fourth-order valence-electron chi connectivity index (χ4n) is 3.11. The summed E-state index contributed by atoms with van der Waals surface area (Å²) >= 11 is 0. The Balaban J connectivity index is 1.47. The van der Waals surface area contributed by atoms with E-state index in [1.807, 2.05) is 36.4 Å². The number of carbonyl (C=O) groups excluding carboxylic acids is 1. The molecule has 2 aromatic carbocycles. The summed E-state index contributed by atoms with van der Waals surface area (Å²) in [5.74, 6) is -0.180. The molecular formula is C21H23NO4. The first-order valence-corrected chi connectivity index (χ1v) is 8.95. The van der Waals surface area contributed by atoms with Gasteiger partial charge in [-0.05, 0) is 66.6 Å². The molecule has 0 saturated heterocycles. The van der Waals surface area contributed by atoms with Gasteiger partial charge in [-0.2, -0.15) is 0 Å². The predicted molar refractivity (Wildman–Crippen MR) is 98.4 cm³/mol. The molecule has 0 aliphatic heterocycles. The van der Waals surface area contributed by atoms with Crippen molar-refractivity contribution in [1.29, 1.82) is 0 Å². The SMILES string of the molecule is O=C(O)CCCOc1ccc(CNC(=O)c2ccc3c(c2)CCC3)cc1. The molecule has 0 unspecified atom stereocenters. The predicted octanol–water partition coefficient (Wildman–Crippen LogP) is 3.35. The van der Waals surface area contributed by atoms with E-state index in [-0.39, 0.29) is 12.3 Å². The largest absolute Gasteiger partial charge is 0.494 e. The zero-order valence-corrected chi connectivity index (χ0v) is 14.7. The molecule has 0 radical (unpaired) electrons. The van der Waals surface area contributed by atoms with E-state index in [2.05, 4.69) is 11.4 Å². The van der Waals surface area contributed by atoms with E-state index in [1.165, 1.54) is 17.5 Å². The summed E-state index contributed by atoms with van der Waals surface area (Å²) in [6, 6.07) is 13.4. The maximum absolute atomic E-state index is 12.3. The van der Waals surface area contributed by atoms with Crippen LogP contribution in [-0.2, 0) is 24.2 Å². The second-order valence-electron chi connectivity index (χ2n) is 6.51. The van der Waals surface area contributed by atoms with Gasteiger partial charge < -0.3 is 15.2 Å². The van der Waals surface area contributed by atoms with Crippen LogP contribution in [0.3, 0.4) is 0 Å². The Labute approximate surface area is 153 Å². The standard InChI is InChI=1S/C21H23NO4/c23-20(24)5-2-12-26-19-10-6-15(7-11-19)14-22-21(25)18-9-8-16-3-1-4-17(16)13-18/h6-11,13H,1-5,12,14H2,(H,22,25)(H,23,24). The van der Waals surface area contributed by atoms with Crippen molar-refractivity contribution in [2.45, 2.75) is 38.6 Å². The molecule has 1 aliphatic carbocycles. The second kappa shape index (κ2) is 8.52. The van der Waals surface area contributed by atoms with Gasteiger partial charge in [-0.1, -0.05) is 18.2 Å². The number of aliphatic carboxylic acids is 1. The molecule has 0 bridgehead atoms. The summed E-state index contributed by atoms with van der Waals surface area (Å²) in [4.78, 5) is 22.8. The van der Waals surface area contributed by atoms with E-state index >= 15 is 0 Å². The van der Waals surface area contributed by atoms with Gasteiger partial charge in [0.15, 0.2) is 0 Å². The van der Waals surface area contributed by atoms with Crippen LogP contribution in [0.5, 0.6) is 5.75 Å². The Bertz CT molecular complexity index is 783. The van der Waals surface area contributed by atoms with Gasteiger partial charge in [-0.3, -0.25) is 9.59 Å². The highest BCUT2D eigenvalue weighted by Crippen LogP contribution is 2.22. The molecule has 2 aromatic rings. The lowest BCUT2D eigenvalue weighted by molar-refractivity contribution is -0.137. The highest BCUT2D eigenvalue weighted by Gasteiger charge is 2.13. The summed E-state index contributed by atoms with van der Waals surface area (Å²) in [5.41, 5.74) is 4.35. The molecule has 0 spiro atoms. The van der Waals surface area contributed by atoms with Crippen molar-refractivity contribution in [3.63, 3.8) is 0 Å². The maximum atomic E-state index is 12.3. The molecule has 1 aliphatic rings. The minimum Gasteiger partial charge on any atom is -0.494 e. The second-order valence-corrected chi connectivity index (χ2v) is 6.51. The number of carbonyl (C=O) groups is 2. The zero-order valence-electron chi connectivity index (χ0n) is 14.7. The van der Waals surface area contributed by atoms with Crippen molar-refractivity contribution < 1.29 is 19.4 Å². The number of carboxylic acids is 1. The van der Waals surface area contributed by atoms with E-state index in [1.54, 1.807) is 0 Å². The van der Waals surface area contributed by atoms with Crippen LogP contribution in [0.4, 0.5) is 0 Å². The molecule has 0 saturated carbocycles. The van der Waals surface area contributed by atoms with Gasteiger partial charge in [-0.25, -0.2) is 0 Å². The summed E-state index contributed by atoms with van der Waals surface area (Å²) in [7, 11) is 0. The monoisotopic (exact) mass is 353 g/mol. The van der Waals surface area contributed by atoms with Crippen LogP contribution in [0.25, 0.3) is 0 Å². The molecule has 0 aromatic heterocycles.